The van der Waals surface area contributed by atoms with Crippen LogP contribution < -0.4 is 10.6 Å². The predicted octanol–water partition coefficient (Wildman–Crippen LogP) is 3.59. The summed E-state index contributed by atoms with van der Waals surface area (Å²) in [5, 5.41) is 5.90. The molecule has 3 rings (SSSR count). The van der Waals surface area contributed by atoms with Gasteiger partial charge in [0.05, 0.1) is 16.8 Å². The van der Waals surface area contributed by atoms with E-state index in [1.54, 1.807) is 6.07 Å². The molecule has 2 amide bonds. The van der Waals surface area contributed by atoms with Crippen molar-refractivity contribution < 1.29 is 9.59 Å². The molecule has 1 heterocycles. The van der Waals surface area contributed by atoms with Gasteiger partial charge in [-0.05, 0) is 61.7 Å². The molecular weight excluding hydrogens is 334 g/mol. The summed E-state index contributed by atoms with van der Waals surface area (Å²) in [6, 6.07) is 11.4. The Morgan fingerprint density at radius 3 is 2.60 bits per heavy atom. The molecule has 0 unspecified atom stereocenters. The summed E-state index contributed by atoms with van der Waals surface area (Å²) in [6.07, 6.45) is 0. The topological polar surface area (TPSA) is 71.1 Å². The summed E-state index contributed by atoms with van der Waals surface area (Å²) in [4.78, 5) is 28.6. The second kappa shape index (κ2) is 7.03. The number of fused-ring (bicyclic) bond motifs is 1. The van der Waals surface area contributed by atoms with Gasteiger partial charge in [-0.15, -0.1) is 0 Å². The maximum absolute atomic E-state index is 12.1. The molecule has 0 bridgehead atoms. The molecule has 6 heteroatoms. The summed E-state index contributed by atoms with van der Waals surface area (Å²) in [5.74, 6) is -0.564. The van der Waals surface area contributed by atoms with E-state index in [-0.39, 0.29) is 18.4 Å². The van der Waals surface area contributed by atoms with E-state index in [0.717, 1.165) is 26.9 Å². The number of hydrogen-bond acceptors (Lipinski definition) is 4. The lowest BCUT2D eigenvalue weighted by molar-refractivity contribution is -0.115. The van der Waals surface area contributed by atoms with E-state index in [1.165, 1.54) is 11.3 Å². The van der Waals surface area contributed by atoms with Crippen LogP contribution >= 0.6 is 11.3 Å². The minimum absolute atomic E-state index is 0.0965. The van der Waals surface area contributed by atoms with Crippen molar-refractivity contribution in [3.8, 4) is 0 Å². The van der Waals surface area contributed by atoms with Crippen LogP contribution in [0.25, 0.3) is 10.2 Å². The zero-order chi connectivity index (χ0) is 18.0. The SMILES string of the molecule is Cc1ccc2nc(NC(=O)CNC(=O)c3ccc(C)c(C)c3)sc2c1. The third kappa shape index (κ3) is 4.03. The molecule has 0 radical (unpaired) electrons. The quantitative estimate of drug-likeness (QED) is 0.753. The molecular formula is C19H19N3O2S. The highest BCUT2D eigenvalue weighted by atomic mass is 32.1. The predicted molar refractivity (Wildman–Crippen MR) is 101 cm³/mol. The molecule has 2 N–H and O–H groups in total. The Hall–Kier alpha value is -2.73. The van der Waals surface area contributed by atoms with Crippen LogP contribution in [-0.2, 0) is 4.79 Å². The summed E-state index contributed by atoms with van der Waals surface area (Å²) in [6.45, 7) is 5.86. The number of rotatable bonds is 4. The molecule has 0 aliphatic carbocycles. The number of aryl methyl sites for hydroxylation is 3. The van der Waals surface area contributed by atoms with Crippen molar-refractivity contribution in [2.45, 2.75) is 20.8 Å². The van der Waals surface area contributed by atoms with E-state index in [9.17, 15) is 9.59 Å². The minimum atomic E-state index is -0.298. The average molecular weight is 353 g/mol. The maximum Gasteiger partial charge on any atom is 0.251 e. The zero-order valence-corrected chi connectivity index (χ0v) is 15.2. The number of anilines is 1. The van der Waals surface area contributed by atoms with E-state index in [0.29, 0.717) is 10.7 Å². The Bertz CT molecular complexity index is 962. The first kappa shape index (κ1) is 17.1. The molecule has 25 heavy (non-hydrogen) atoms. The van der Waals surface area contributed by atoms with Crippen LogP contribution in [0, 0.1) is 20.8 Å². The van der Waals surface area contributed by atoms with E-state index in [4.69, 9.17) is 0 Å². The van der Waals surface area contributed by atoms with Crippen LogP contribution in [0.15, 0.2) is 36.4 Å². The Morgan fingerprint density at radius 1 is 1.04 bits per heavy atom. The van der Waals surface area contributed by atoms with Gasteiger partial charge < -0.3 is 10.6 Å². The van der Waals surface area contributed by atoms with Gasteiger partial charge in [-0.25, -0.2) is 4.98 Å². The number of benzene rings is 2. The molecule has 1 aromatic heterocycles. The minimum Gasteiger partial charge on any atom is -0.343 e. The van der Waals surface area contributed by atoms with Gasteiger partial charge in [-0.2, -0.15) is 0 Å². The van der Waals surface area contributed by atoms with E-state index >= 15 is 0 Å². The number of carbonyl (C=O) groups is 2. The molecule has 128 valence electrons. The first-order valence-electron chi connectivity index (χ1n) is 7.95. The molecule has 0 saturated heterocycles. The van der Waals surface area contributed by atoms with Gasteiger partial charge in [-0.1, -0.05) is 23.5 Å². The highest BCUT2D eigenvalue weighted by molar-refractivity contribution is 7.22. The zero-order valence-electron chi connectivity index (χ0n) is 14.3. The van der Waals surface area contributed by atoms with Gasteiger partial charge in [0, 0.05) is 5.56 Å². The fourth-order valence-corrected chi connectivity index (χ4v) is 3.37. The summed E-state index contributed by atoms with van der Waals surface area (Å²) in [7, 11) is 0. The lowest BCUT2D eigenvalue weighted by Gasteiger charge is -2.07. The van der Waals surface area contributed by atoms with Crippen LogP contribution in [0.2, 0.25) is 0 Å². The summed E-state index contributed by atoms with van der Waals surface area (Å²) >= 11 is 1.42. The fourth-order valence-electron chi connectivity index (χ4n) is 2.39. The van der Waals surface area contributed by atoms with Gasteiger partial charge in [-0.3, -0.25) is 9.59 Å². The number of aromatic nitrogens is 1. The van der Waals surface area contributed by atoms with Gasteiger partial charge in [0.2, 0.25) is 5.91 Å². The first-order valence-corrected chi connectivity index (χ1v) is 8.76. The smallest absolute Gasteiger partial charge is 0.251 e. The van der Waals surface area contributed by atoms with Crippen molar-refractivity contribution in [2.75, 3.05) is 11.9 Å². The molecule has 0 spiro atoms. The normalized spacial score (nSPS) is 10.7. The Labute approximate surface area is 150 Å². The number of amides is 2. The number of thiazole rings is 1. The van der Waals surface area contributed by atoms with Crippen LogP contribution in [-0.4, -0.2) is 23.3 Å². The molecule has 3 aromatic rings. The third-order valence-corrected chi connectivity index (χ3v) is 4.90. The van der Waals surface area contributed by atoms with Crippen LogP contribution in [0.3, 0.4) is 0 Å². The van der Waals surface area contributed by atoms with E-state index < -0.39 is 0 Å². The summed E-state index contributed by atoms with van der Waals surface area (Å²) in [5.41, 5.74) is 4.72. The van der Waals surface area contributed by atoms with Crippen molar-refractivity contribution in [1.29, 1.82) is 0 Å². The second-order valence-corrected chi connectivity index (χ2v) is 7.05. The maximum atomic E-state index is 12.1. The van der Waals surface area contributed by atoms with Gasteiger partial charge in [0.1, 0.15) is 0 Å². The van der Waals surface area contributed by atoms with Crippen molar-refractivity contribution >= 4 is 38.5 Å². The number of nitrogens with one attached hydrogen (secondary N) is 2. The Morgan fingerprint density at radius 2 is 1.84 bits per heavy atom. The highest BCUT2D eigenvalue weighted by Crippen LogP contribution is 2.26. The molecule has 5 nitrogen and oxygen atoms in total. The van der Waals surface area contributed by atoms with Crippen molar-refractivity contribution in [2.24, 2.45) is 0 Å². The van der Waals surface area contributed by atoms with Gasteiger partial charge >= 0.3 is 0 Å². The third-order valence-electron chi connectivity index (χ3n) is 3.97. The molecule has 0 atom stereocenters. The van der Waals surface area contributed by atoms with E-state index in [1.807, 2.05) is 51.1 Å². The lowest BCUT2D eigenvalue weighted by atomic mass is 10.1. The molecule has 0 fully saturated rings. The standard InChI is InChI=1S/C19H19N3O2S/c1-11-4-7-15-16(8-11)25-19(21-15)22-17(23)10-20-18(24)14-6-5-12(2)13(3)9-14/h4-9H,10H2,1-3H3,(H,20,24)(H,21,22,23). The molecule has 0 aliphatic heterocycles. The second-order valence-electron chi connectivity index (χ2n) is 6.02. The van der Waals surface area contributed by atoms with Crippen molar-refractivity contribution in [1.82, 2.24) is 10.3 Å². The number of nitrogens with zero attached hydrogens (tertiary/aromatic N) is 1. The average Bonchev–Trinajstić information content (AvgIpc) is 2.96. The largest absolute Gasteiger partial charge is 0.343 e. The van der Waals surface area contributed by atoms with Gasteiger partial charge in [0.25, 0.3) is 5.91 Å². The molecule has 0 saturated carbocycles. The fraction of sp³-hybridized carbons (Fsp3) is 0.211. The highest BCUT2D eigenvalue weighted by Gasteiger charge is 2.11. The van der Waals surface area contributed by atoms with Gasteiger partial charge in [0.15, 0.2) is 5.13 Å². The number of carbonyl (C=O) groups excluding carboxylic acids is 2. The number of hydrogen-bond donors (Lipinski definition) is 2. The van der Waals surface area contributed by atoms with Crippen molar-refractivity contribution in [3.63, 3.8) is 0 Å². The van der Waals surface area contributed by atoms with Crippen LogP contribution in [0.1, 0.15) is 27.0 Å². The monoisotopic (exact) mass is 353 g/mol. The van der Waals surface area contributed by atoms with Crippen LogP contribution in [0.5, 0.6) is 0 Å². The Kier molecular flexibility index (Phi) is 4.81. The van der Waals surface area contributed by atoms with Crippen LogP contribution in [0.4, 0.5) is 5.13 Å². The molecule has 2 aromatic carbocycles. The first-order chi connectivity index (χ1) is 11.9. The van der Waals surface area contributed by atoms with E-state index in [2.05, 4.69) is 15.6 Å². The Balaban J connectivity index is 1.59. The van der Waals surface area contributed by atoms with Crippen molar-refractivity contribution in [3.05, 3.63) is 58.7 Å². The lowest BCUT2D eigenvalue weighted by Crippen LogP contribution is -2.32. The summed E-state index contributed by atoms with van der Waals surface area (Å²) < 4.78 is 1.02. The molecule has 0 aliphatic rings.